The van der Waals surface area contributed by atoms with Gasteiger partial charge in [0.1, 0.15) is 0 Å². The van der Waals surface area contributed by atoms with Gasteiger partial charge in [-0.1, -0.05) is 32.4 Å². The quantitative estimate of drug-likeness (QED) is 0.571. The van der Waals surface area contributed by atoms with Crippen LogP contribution in [0.3, 0.4) is 0 Å². The first-order chi connectivity index (χ1) is 6.06. The summed E-state index contributed by atoms with van der Waals surface area (Å²) in [6, 6.07) is 0. The normalized spacial score (nSPS) is 13.0. The van der Waals surface area contributed by atoms with Gasteiger partial charge in [0.25, 0.3) is 0 Å². The van der Waals surface area contributed by atoms with E-state index in [1.54, 1.807) is 0 Å². The molecule has 1 heteroatoms. The molecule has 0 aromatic rings. The SMILES string of the molecule is CCN(C)CCC(C)=CCC(C)C. The molecule has 0 atom stereocenters. The first-order valence-corrected chi connectivity index (χ1v) is 5.40. The predicted molar refractivity (Wildman–Crippen MR) is 61.0 cm³/mol. The van der Waals surface area contributed by atoms with Gasteiger partial charge in [0, 0.05) is 6.54 Å². The van der Waals surface area contributed by atoms with Crippen LogP contribution >= 0.6 is 0 Å². The van der Waals surface area contributed by atoms with Crippen molar-refractivity contribution in [2.45, 2.75) is 40.5 Å². The monoisotopic (exact) mass is 183 g/mol. The van der Waals surface area contributed by atoms with E-state index in [9.17, 15) is 0 Å². The molecule has 0 aromatic carbocycles. The van der Waals surface area contributed by atoms with E-state index in [-0.39, 0.29) is 0 Å². The zero-order valence-electron chi connectivity index (χ0n) is 9.93. The molecule has 0 heterocycles. The number of allylic oxidation sites excluding steroid dienone is 1. The molecule has 0 saturated carbocycles. The highest BCUT2D eigenvalue weighted by atomic mass is 15.1. The molecule has 0 rings (SSSR count). The van der Waals surface area contributed by atoms with E-state index in [0.29, 0.717) is 0 Å². The maximum atomic E-state index is 2.38. The highest BCUT2D eigenvalue weighted by molar-refractivity contribution is 4.98. The predicted octanol–water partition coefficient (Wildman–Crippen LogP) is 3.32. The number of hydrogen-bond donors (Lipinski definition) is 0. The maximum absolute atomic E-state index is 2.38. The molecule has 0 unspecified atom stereocenters. The summed E-state index contributed by atoms with van der Waals surface area (Å²) in [5.74, 6) is 0.791. The van der Waals surface area contributed by atoms with Crippen molar-refractivity contribution in [2.24, 2.45) is 5.92 Å². The van der Waals surface area contributed by atoms with Crippen LogP contribution in [0.15, 0.2) is 11.6 Å². The minimum atomic E-state index is 0.791. The lowest BCUT2D eigenvalue weighted by atomic mass is 10.1. The van der Waals surface area contributed by atoms with E-state index in [1.807, 2.05) is 0 Å². The van der Waals surface area contributed by atoms with Crippen LogP contribution in [0.25, 0.3) is 0 Å². The van der Waals surface area contributed by atoms with Crippen LogP contribution in [0, 0.1) is 5.92 Å². The van der Waals surface area contributed by atoms with Gasteiger partial charge in [-0.2, -0.15) is 0 Å². The van der Waals surface area contributed by atoms with Gasteiger partial charge >= 0.3 is 0 Å². The van der Waals surface area contributed by atoms with Crippen LogP contribution in [-0.2, 0) is 0 Å². The summed E-state index contributed by atoms with van der Waals surface area (Å²) in [5, 5.41) is 0. The Morgan fingerprint density at radius 1 is 1.38 bits per heavy atom. The fourth-order valence-electron chi connectivity index (χ4n) is 1.06. The van der Waals surface area contributed by atoms with Crippen LogP contribution in [-0.4, -0.2) is 25.0 Å². The fraction of sp³-hybridized carbons (Fsp3) is 0.833. The van der Waals surface area contributed by atoms with E-state index < -0.39 is 0 Å². The third-order valence-corrected chi connectivity index (χ3v) is 2.37. The third kappa shape index (κ3) is 8.04. The molecule has 0 fully saturated rings. The first-order valence-electron chi connectivity index (χ1n) is 5.40. The summed E-state index contributed by atoms with van der Waals surface area (Å²) in [6.07, 6.45) is 4.83. The lowest BCUT2D eigenvalue weighted by molar-refractivity contribution is 0.357. The van der Waals surface area contributed by atoms with Crippen LogP contribution in [0.5, 0.6) is 0 Å². The van der Waals surface area contributed by atoms with Gasteiger partial charge in [-0.05, 0) is 39.3 Å². The summed E-state index contributed by atoms with van der Waals surface area (Å²) in [7, 11) is 2.18. The van der Waals surface area contributed by atoms with E-state index in [1.165, 1.54) is 25.0 Å². The largest absolute Gasteiger partial charge is 0.306 e. The smallest absolute Gasteiger partial charge is 0.00153 e. The van der Waals surface area contributed by atoms with E-state index in [0.717, 1.165) is 12.5 Å². The Bertz CT molecular complexity index is 147. The van der Waals surface area contributed by atoms with Crippen LogP contribution in [0.1, 0.15) is 40.5 Å². The molecule has 0 amide bonds. The van der Waals surface area contributed by atoms with Crippen molar-refractivity contribution >= 4 is 0 Å². The molecule has 0 N–H and O–H groups in total. The average Bonchev–Trinajstić information content (AvgIpc) is 2.10. The molecule has 0 saturated heterocycles. The van der Waals surface area contributed by atoms with E-state index in [4.69, 9.17) is 0 Å². The van der Waals surface area contributed by atoms with Gasteiger partial charge in [0.05, 0.1) is 0 Å². The first kappa shape index (κ1) is 12.7. The van der Waals surface area contributed by atoms with Gasteiger partial charge in [0.2, 0.25) is 0 Å². The van der Waals surface area contributed by atoms with Crippen LogP contribution in [0.4, 0.5) is 0 Å². The van der Waals surface area contributed by atoms with E-state index in [2.05, 4.69) is 45.7 Å². The van der Waals surface area contributed by atoms with Crippen molar-refractivity contribution < 1.29 is 0 Å². The van der Waals surface area contributed by atoms with Crippen LogP contribution < -0.4 is 0 Å². The Morgan fingerprint density at radius 3 is 2.46 bits per heavy atom. The maximum Gasteiger partial charge on any atom is 0.00153 e. The van der Waals surface area contributed by atoms with Crippen molar-refractivity contribution in [2.75, 3.05) is 20.1 Å². The van der Waals surface area contributed by atoms with Crippen molar-refractivity contribution in [3.63, 3.8) is 0 Å². The Morgan fingerprint density at radius 2 is 2.00 bits per heavy atom. The lowest BCUT2D eigenvalue weighted by Crippen LogP contribution is -2.18. The van der Waals surface area contributed by atoms with Gasteiger partial charge < -0.3 is 4.90 Å². The minimum Gasteiger partial charge on any atom is -0.306 e. The number of hydrogen-bond acceptors (Lipinski definition) is 1. The van der Waals surface area contributed by atoms with Gasteiger partial charge in [0.15, 0.2) is 0 Å². The van der Waals surface area contributed by atoms with Crippen molar-refractivity contribution in [1.29, 1.82) is 0 Å². The average molecular weight is 183 g/mol. The molecule has 0 aliphatic heterocycles. The van der Waals surface area contributed by atoms with Gasteiger partial charge in [-0.3, -0.25) is 0 Å². The molecular formula is C12H25N. The zero-order chi connectivity index (χ0) is 10.3. The number of nitrogens with zero attached hydrogens (tertiary/aromatic N) is 1. The molecule has 0 radical (unpaired) electrons. The molecule has 0 aliphatic carbocycles. The minimum absolute atomic E-state index is 0.791. The topological polar surface area (TPSA) is 3.24 Å². The molecule has 13 heavy (non-hydrogen) atoms. The molecule has 0 bridgehead atoms. The Kier molecular flexibility index (Phi) is 6.97. The van der Waals surface area contributed by atoms with Crippen molar-refractivity contribution in [3.8, 4) is 0 Å². The Hall–Kier alpha value is -0.300. The molecule has 78 valence electrons. The summed E-state index contributed by atoms with van der Waals surface area (Å²) in [6.45, 7) is 11.3. The second-order valence-corrected chi connectivity index (χ2v) is 4.33. The van der Waals surface area contributed by atoms with Crippen LogP contribution in [0.2, 0.25) is 0 Å². The highest BCUT2D eigenvalue weighted by Gasteiger charge is 1.96. The summed E-state index contributed by atoms with van der Waals surface area (Å²) in [4.78, 5) is 2.35. The molecule has 0 aliphatic rings. The Labute approximate surface area is 83.8 Å². The third-order valence-electron chi connectivity index (χ3n) is 2.37. The summed E-state index contributed by atoms with van der Waals surface area (Å²) in [5.41, 5.74) is 1.54. The lowest BCUT2D eigenvalue weighted by Gasteiger charge is -2.13. The zero-order valence-corrected chi connectivity index (χ0v) is 9.93. The standard InChI is InChI=1S/C12H25N/c1-6-13(5)10-9-12(4)8-7-11(2)3/h8,11H,6-7,9-10H2,1-5H3. The van der Waals surface area contributed by atoms with Crippen molar-refractivity contribution in [3.05, 3.63) is 11.6 Å². The molecule has 0 spiro atoms. The van der Waals surface area contributed by atoms with Gasteiger partial charge in [-0.15, -0.1) is 0 Å². The van der Waals surface area contributed by atoms with Crippen molar-refractivity contribution in [1.82, 2.24) is 4.90 Å². The van der Waals surface area contributed by atoms with E-state index >= 15 is 0 Å². The van der Waals surface area contributed by atoms with Gasteiger partial charge in [-0.25, -0.2) is 0 Å². The Balaban J connectivity index is 3.60. The summed E-state index contributed by atoms with van der Waals surface area (Å²) < 4.78 is 0. The highest BCUT2D eigenvalue weighted by Crippen LogP contribution is 2.07. The fourth-order valence-corrected chi connectivity index (χ4v) is 1.06. The summed E-state index contributed by atoms with van der Waals surface area (Å²) >= 11 is 0. The molecule has 0 aromatic heterocycles. The second-order valence-electron chi connectivity index (χ2n) is 4.33. The molecular weight excluding hydrogens is 158 g/mol. The molecule has 1 nitrogen and oxygen atoms in total. The number of rotatable bonds is 6. The second kappa shape index (κ2) is 7.14.